The van der Waals surface area contributed by atoms with Crippen LogP contribution in [0, 0.1) is 35.0 Å². The monoisotopic (exact) mass is 668 g/mol. The number of likely N-dealkylation sites (N-methyl/N-ethyl adjacent to an activating group) is 2. The Balaban J connectivity index is 1.34. The van der Waals surface area contributed by atoms with E-state index < -0.39 is 24.2 Å². The van der Waals surface area contributed by atoms with Crippen molar-refractivity contribution in [3.8, 4) is 0 Å². The van der Waals surface area contributed by atoms with Crippen LogP contribution in [0.4, 0.5) is 0 Å². The zero-order valence-corrected chi connectivity index (χ0v) is 31.2. The van der Waals surface area contributed by atoms with Gasteiger partial charge in [-0.3, -0.25) is 14.5 Å². The second-order valence-corrected chi connectivity index (χ2v) is 16.9. The van der Waals surface area contributed by atoms with Crippen LogP contribution in [0.5, 0.6) is 0 Å². The van der Waals surface area contributed by atoms with Crippen LogP contribution in [-0.2, 0) is 22.7 Å². The highest BCUT2D eigenvalue weighted by Crippen LogP contribution is 2.61. The van der Waals surface area contributed by atoms with Gasteiger partial charge in [0.05, 0.1) is 19.3 Å². The normalized spacial score (nSPS) is 31.3. The van der Waals surface area contributed by atoms with E-state index in [0.29, 0.717) is 41.7 Å². The predicted molar refractivity (Wildman–Crippen MR) is 192 cm³/mol. The number of carbonyl (C=O) groups is 1. The summed E-state index contributed by atoms with van der Waals surface area (Å²) < 4.78 is 0. The van der Waals surface area contributed by atoms with Gasteiger partial charge < -0.3 is 25.3 Å². The van der Waals surface area contributed by atoms with Crippen molar-refractivity contribution < 1.29 is 19.8 Å². The highest BCUT2D eigenvalue weighted by atomic mass is 16.7. The van der Waals surface area contributed by atoms with Gasteiger partial charge in [-0.2, -0.15) is 5.06 Å². The van der Waals surface area contributed by atoms with Crippen LogP contribution in [0.15, 0.2) is 36.0 Å². The van der Waals surface area contributed by atoms with Gasteiger partial charge in [-0.1, -0.05) is 65.0 Å². The molecule has 1 saturated heterocycles. The molecule has 1 aromatic rings. The number of fused-ring (bicyclic) bond motifs is 2. The number of nitrogens with zero attached hydrogens (tertiary/aromatic N) is 4. The number of carbonyl (C=O) groups excluding carboxylic acids is 1. The molecule has 9 heteroatoms. The van der Waals surface area contributed by atoms with Crippen molar-refractivity contribution in [3.63, 3.8) is 0 Å². The summed E-state index contributed by atoms with van der Waals surface area (Å²) in [4.78, 5) is 27.7. The third kappa shape index (κ3) is 8.13. The molecule has 3 N–H and O–H groups in total. The van der Waals surface area contributed by atoms with Crippen LogP contribution in [-0.4, -0.2) is 114 Å². The van der Waals surface area contributed by atoms with Crippen molar-refractivity contribution in [2.24, 2.45) is 35.0 Å². The van der Waals surface area contributed by atoms with E-state index in [9.17, 15) is 15.0 Å². The number of hydrogen-bond donors (Lipinski definition) is 3. The maximum atomic E-state index is 14.1. The van der Waals surface area contributed by atoms with Crippen LogP contribution >= 0.6 is 0 Å². The van der Waals surface area contributed by atoms with E-state index in [0.717, 1.165) is 51.0 Å². The van der Waals surface area contributed by atoms with E-state index >= 15 is 0 Å². The zero-order valence-electron chi connectivity index (χ0n) is 31.2. The third-order valence-corrected chi connectivity index (χ3v) is 12.3. The molecule has 0 aromatic heterocycles. The Kier molecular flexibility index (Phi) is 12.0. The van der Waals surface area contributed by atoms with E-state index in [1.54, 1.807) is 12.0 Å². The van der Waals surface area contributed by atoms with Crippen LogP contribution in [0.25, 0.3) is 0 Å². The molecular weight excluding hydrogens is 602 g/mol. The van der Waals surface area contributed by atoms with E-state index in [1.807, 2.05) is 0 Å². The summed E-state index contributed by atoms with van der Waals surface area (Å²) in [6.07, 6.45) is 5.39. The summed E-state index contributed by atoms with van der Waals surface area (Å²) in [6, 6.07) is 8.46. The standard InChI is InChI=1S/C39H65N5O4/c1-25(2)16-32(22-41(7)8)43(23-31-14-11-15-42(31)9)20-28-12-10-13-29(17-28)21-44-37(36(27(4)46)35(24-45)48-44)38(47)40-34-19-30-18-33(26(34)3)39(30,5)6/h10,12-14,17,25-27,30,32-37,45-46H,11,15-16,18-24H2,1-9H3,(H,40,47)/t26-,27-,30+,32-,33-,34-,35-,36+,37-/m0/s1. The van der Waals surface area contributed by atoms with E-state index in [-0.39, 0.29) is 18.6 Å². The maximum absolute atomic E-state index is 14.1. The minimum Gasteiger partial charge on any atom is -0.394 e. The average molecular weight is 668 g/mol. The molecule has 270 valence electrons. The van der Waals surface area contributed by atoms with Crippen LogP contribution < -0.4 is 5.32 Å². The number of aliphatic hydroxyl groups is 2. The van der Waals surface area contributed by atoms with Crippen LogP contribution in [0.1, 0.15) is 78.4 Å². The molecule has 2 bridgehead atoms. The van der Waals surface area contributed by atoms with Crippen molar-refractivity contribution in [2.75, 3.05) is 47.4 Å². The first-order chi connectivity index (χ1) is 22.7. The van der Waals surface area contributed by atoms with Gasteiger partial charge in [0.2, 0.25) is 5.91 Å². The number of amides is 1. The van der Waals surface area contributed by atoms with Gasteiger partial charge in [-0.25, -0.2) is 0 Å². The Bertz CT molecular complexity index is 1260. The highest BCUT2D eigenvalue weighted by molar-refractivity contribution is 5.82. The molecule has 4 fully saturated rings. The summed E-state index contributed by atoms with van der Waals surface area (Å²) in [5.41, 5.74) is 4.00. The molecule has 9 atom stereocenters. The highest BCUT2D eigenvalue weighted by Gasteiger charge is 2.57. The first-order valence-electron chi connectivity index (χ1n) is 18.6. The molecule has 0 unspecified atom stereocenters. The number of hydrogen-bond acceptors (Lipinski definition) is 8. The SMILES string of the molecule is CC(C)C[C@@H](CN(C)C)N(CC1=CCCN1C)Cc1cccc(CN2O[C@@H](CO)[C@@H]([C@H](C)O)[C@H]2C(=O)N[C@H]2C[C@H]3C[C@@H]([C@@H]2C)C3(C)C)c1. The molecule has 5 aliphatic rings. The molecule has 48 heavy (non-hydrogen) atoms. The predicted octanol–water partition coefficient (Wildman–Crippen LogP) is 4.34. The topological polar surface area (TPSA) is 91.8 Å². The Labute approximate surface area is 290 Å². The molecule has 6 rings (SSSR count). The molecule has 2 heterocycles. The van der Waals surface area contributed by atoms with Gasteiger partial charge in [0, 0.05) is 56.9 Å². The quantitative estimate of drug-likeness (QED) is 0.255. The van der Waals surface area contributed by atoms with Crippen LogP contribution in [0.2, 0.25) is 0 Å². The molecular formula is C39H65N5O4. The second-order valence-electron chi connectivity index (χ2n) is 16.9. The smallest absolute Gasteiger partial charge is 0.240 e. The number of nitrogens with one attached hydrogen (secondary N) is 1. The summed E-state index contributed by atoms with van der Waals surface area (Å²) in [5.74, 6) is 1.59. The maximum Gasteiger partial charge on any atom is 0.240 e. The first kappa shape index (κ1) is 37.3. The van der Waals surface area contributed by atoms with Gasteiger partial charge in [-0.15, -0.1) is 0 Å². The fraction of sp³-hybridized carbons (Fsp3) is 0.769. The van der Waals surface area contributed by atoms with Crippen molar-refractivity contribution >= 4 is 5.91 Å². The fourth-order valence-corrected chi connectivity index (χ4v) is 9.46. The molecule has 3 aliphatic carbocycles. The Morgan fingerprint density at radius 3 is 2.46 bits per heavy atom. The van der Waals surface area contributed by atoms with E-state index in [2.05, 4.69) is 106 Å². The molecule has 0 radical (unpaired) electrons. The molecule has 2 aliphatic heterocycles. The lowest BCUT2D eigenvalue weighted by atomic mass is 9.45. The first-order valence-corrected chi connectivity index (χ1v) is 18.6. The molecule has 0 spiro atoms. The lowest BCUT2D eigenvalue weighted by Crippen LogP contribution is -2.62. The number of hydroxylamine groups is 2. The average Bonchev–Trinajstić information content (AvgIpc) is 3.59. The van der Waals surface area contributed by atoms with Crippen molar-refractivity contribution in [1.82, 2.24) is 25.1 Å². The van der Waals surface area contributed by atoms with Crippen molar-refractivity contribution in [2.45, 2.75) is 111 Å². The van der Waals surface area contributed by atoms with E-state index in [4.69, 9.17) is 4.84 Å². The lowest BCUT2D eigenvalue weighted by molar-refractivity contribution is -0.183. The fourth-order valence-electron chi connectivity index (χ4n) is 9.46. The van der Waals surface area contributed by atoms with Gasteiger partial charge in [0.25, 0.3) is 0 Å². The minimum absolute atomic E-state index is 0.107. The van der Waals surface area contributed by atoms with Gasteiger partial charge in [-0.05, 0) is 86.9 Å². The lowest BCUT2D eigenvalue weighted by Gasteiger charge is -2.62. The zero-order chi connectivity index (χ0) is 34.9. The number of aliphatic hydroxyl groups excluding tert-OH is 2. The van der Waals surface area contributed by atoms with Crippen molar-refractivity contribution in [1.29, 1.82) is 0 Å². The molecule has 1 amide bonds. The van der Waals surface area contributed by atoms with Gasteiger partial charge >= 0.3 is 0 Å². The summed E-state index contributed by atoms with van der Waals surface area (Å²) in [6.45, 7) is 17.3. The van der Waals surface area contributed by atoms with Gasteiger partial charge in [0.15, 0.2) is 0 Å². The molecule has 9 nitrogen and oxygen atoms in total. The second kappa shape index (κ2) is 15.5. The Morgan fingerprint density at radius 1 is 1.15 bits per heavy atom. The summed E-state index contributed by atoms with van der Waals surface area (Å²) >= 11 is 0. The van der Waals surface area contributed by atoms with E-state index in [1.165, 1.54) is 17.7 Å². The Morgan fingerprint density at radius 2 is 1.88 bits per heavy atom. The largest absolute Gasteiger partial charge is 0.394 e. The summed E-state index contributed by atoms with van der Waals surface area (Å²) in [5, 5.41) is 26.3. The molecule has 3 saturated carbocycles. The third-order valence-electron chi connectivity index (χ3n) is 12.3. The van der Waals surface area contributed by atoms with Gasteiger partial charge in [0.1, 0.15) is 12.1 Å². The number of benzene rings is 1. The molecule has 1 aromatic carbocycles. The van der Waals surface area contributed by atoms with Crippen molar-refractivity contribution in [3.05, 3.63) is 47.2 Å². The van der Waals surface area contributed by atoms with Crippen LogP contribution in [0.3, 0.4) is 0 Å². The Hall–Kier alpha value is -2.01. The number of rotatable bonds is 15. The summed E-state index contributed by atoms with van der Waals surface area (Å²) in [7, 11) is 6.52. The minimum atomic E-state index is -0.809.